The van der Waals surface area contributed by atoms with Gasteiger partial charge in [-0.15, -0.1) is 0 Å². The lowest BCUT2D eigenvalue weighted by Gasteiger charge is -2.36. The number of benzene rings is 3. The first kappa shape index (κ1) is 28.5. The summed E-state index contributed by atoms with van der Waals surface area (Å²) in [4.78, 5) is 17.7. The van der Waals surface area contributed by atoms with Crippen molar-refractivity contribution in [3.63, 3.8) is 0 Å². The summed E-state index contributed by atoms with van der Waals surface area (Å²) in [5, 5.41) is 0. The number of hydrogen-bond acceptors (Lipinski definition) is 6. The van der Waals surface area contributed by atoms with E-state index >= 15 is 0 Å². The van der Waals surface area contributed by atoms with Crippen LogP contribution in [-0.2, 0) is 15.6 Å². The summed E-state index contributed by atoms with van der Waals surface area (Å²) < 4.78 is 38.2. The Morgan fingerprint density at radius 3 is 2.31 bits per heavy atom. The number of sulfone groups is 1. The smallest absolute Gasteiger partial charge is 0.254 e. The molecule has 39 heavy (non-hydrogen) atoms. The number of aryl methyl sites for hydroxylation is 1. The van der Waals surface area contributed by atoms with E-state index in [-0.39, 0.29) is 16.6 Å². The molecule has 0 bridgehead atoms. The van der Waals surface area contributed by atoms with Gasteiger partial charge in [-0.25, -0.2) is 8.42 Å². The van der Waals surface area contributed by atoms with Crippen LogP contribution in [0, 0.1) is 20.8 Å². The van der Waals surface area contributed by atoms with Gasteiger partial charge in [-0.1, -0.05) is 31.2 Å². The van der Waals surface area contributed by atoms with Crippen LogP contribution in [0.1, 0.15) is 46.0 Å². The number of hydrogen-bond donors (Lipinski definition) is 0. The molecule has 1 heterocycles. The monoisotopic (exact) mass is 550 g/mol. The Balaban J connectivity index is 1.50. The summed E-state index contributed by atoms with van der Waals surface area (Å²) in [7, 11) is -2.02. The third kappa shape index (κ3) is 6.22. The highest BCUT2D eigenvalue weighted by molar-refractivity contribution is 7.90. The molecule has 0 atom stereocenters. The van der Waals surface area contributed by atoms with Gasteiger partial charge < -0.3 is 19.3 Å². The molecule has 0 spiro atoms. The fraction of sp³-hybridized carbons (Fsp3) is 0.387. The third-order valence-corrected chi connectivity index (χ3v) is 9.11. The first-order valence-electron chi connectivity index (χ1n) is 13.4. The maximum absolute atomic E-state index is 13.5. The van der Waals surface area contributed by atoms with Crippen LogP contribution in [0.15, 0.2) is 59.5 Å². The maximum atomic E-state index is 13.5. The van der Waals surface area contributed by atoms with Gasteiger partial charge in [0.05, 0.1) is 30.1 Å². The Kier molecular flexibility index (Phi) is 8.85. The molecule has 0 saturated carbocycles. The number of carbonyl (C=O) groups is 1. The number of piperazine rings is 1. The van der Waals surface area contributed by atoms with E-state index in [4.69, 9.17) is 9.47 Å². The van der Waals surface area contributed by atoms with Crippen LogP contribution in [0.2, 0.25) is 0 Å². The van der Waals surface area contributed by atoms with E-state index in [0.29, 0.717) is 38.3 Å². The van der Waals surface area contributed by atoms with Crippen LogP contribution in [0.3, 0.4) is 0 Å². The number of anilines is 1. The highest BCUT2D eigenvalue weighted by Gasteiger charge is 2.26. The minimum atomic E-state index is -3.67. The van der Waals surface area contributed by atoms with Crippen LogP contribution in [-0.4, -0.2) is 59.1 Å². The zero-order valence-electron chi connectivity index (χ0n) is 23.5. The molecule has 208 valence electrons. The lowest BCUT2D eigenvalue weighted by molar-refractivity contribution is 0.0745. The topological polar surface area (TPSA) is 76.2 Å². The van der Waals surface area contributed by atoms with Gasteiger partial charge in [-0.3, -0.25) is 4.79 Å². The molecule has 7 nitrogen and oxygen atoms in total. The molecule has 0 aliphatic carbocycles. The number of para-hydroxylation sites is 2. The number of rotatable bonds is 9. The zero-order chi connectivity index (χ0) is 28.2. The van der Waals surface area contributed by atoms with E-state index in [0.717, 1.165) is 45.9 Å². The Morgan fingerprint density at radius 1 is 0.897 bits per heavy atom. The predicted molar refractivity (Wildman–Crippen MR) is 155 cm³/mol. The van der Waals surface area contributed by atoms with Crippen LogP contribution in [0.5, 0.6) is 11.5 Å². The molecular weight excluding hydrogens is 512 g/mol. The standard InChI is InChI=1S/C31H38N2O5S/c1-6-19-38-29-14-12-25(23(3)24(29)4)21-39(35,36)26-13-11-22(2)27(20-26)31(34)33-17-15-32(16-18-33)28-9-7-8-10-30(28)37-5/h7-14,20H,6,15-19,21H2,1-5H3. The van der Waals surface area contributed by atoms with E-state index in [9.17, 15) is 13.2 Å². The van der Waals surface area contributed by atoms with Crippen LogP contribution in [0.4, 0.5) is 5.69 Å². The summed E-state index contributed by atoms with van der Waals surface area (Å²) in [5.41, 5.74) is 4.78. The second-order valence-corrected chi connectivity index (χ2v) is 12.0. The highest BCUT2D eigenvalue weighted by Crippen LogP contribution is 2.30. The van der Waals surface area contributed by atoms with Crippen molar-refractivity contribution in [2.75, 3.05) is 44.8 Å². The summed E-state index contributed by atoms with van der Waals surface area (Å²) in [6.07, 6.45) is 0.903. The number of amides is 1. The van der Waals surface area contributed by atoms with Gasteiger partial charge in [0.15, 0.2) is 9.84 Å². The Labute approximate surface area is 232 Å². The van der Waals surface area contributed by atoms with E-state index in [2.05, 4.69) is 4.90 Å². The van der Waals surface area contributed by atoms with Crippen molar-refractivity contribution in [3.8, 4) is 11.5 Å². The van der Waals surface area contributed by atoms with E-state index in [1.54, 1.807) is 30.2 Å². The lowest BCUT2D eigenvalue weighted by atomic mass is 10.0. The number of nitrogens with zero attached hydrogens (tertiary/aromatic N) is 2. The van der Waals surface area contributed by atoms with Gasteiger partial charge in [-0.05, 0) is 79.8 Å². The average molecular weight is 551 g/mol. The summed E-state index contributed by atoms with van der Waals surface area (Å²) in [6.45, 7) is 10.8. The highest BCUT2D eigenvalue weighted by atomic mass is 32.2. The predicted octanol–water partition coefficient (Wildman–Crippen LogP) is 5.35. The maximum Gasteiger partial charge on any atom is 0.254 e. The average Bonchev–Trinajstić information content (AvgIpc) is 2.95. The van der Waals surface area contributed by atoms with Gasteiger partial charge >= 0.3 is 0 Å². The summed E-state index contributed by atoms with van der Waals surface area (Å²) in [6, 6.07) is 16.4. The second-order valence-electron chi connectivity index (χ2n) is 10.0. The third-order valence-electron chi connectivity index (χ3n) is 7.45. The molecule has 4 rings (SSSR count). The van der Waals surface area contributed by atoms with Gasteiger partial charge in [-0.2, -0.15) is 0 Å². The molecular formula is C31H38N2O5S. The largest absolute Gasteiger partial charge is 0.495 e. The van der Waals surface area contributed by atoms with E-state index in [1.165, 1.54) is 0 Å². The molecule has 1 aliphatic rings. The van der Waals surface area contributed by atoms with Crippen molar-refractivity contribution in [3.05, 3.63) is 82.4 Å². The Morgan fingerprint density at radius 2 is 1.62 bits per heavy atom. The molecule has 1 aliphatic heterocycles. The van der Waals surface area contributed by atoms with Gasteiger partial charge in [0.25, 0.3) is 5.91 Å². The van der Waals surface area contributed by atoms with Crippen molar-refractivity contribution in [1.82, 2.24) is 4.90 Å². The van der Waals surface area contributed by atoms with Crippen LogP contribution in [0.25, 0.3) is 0 Å². The van der Waals surface area contributed by atoms with E-state index < -0.39 is 9.84 Å². The van der Waals surface area contributed by atoms with Crippen LogP contribution < -0.4 is 14.4 Å². The Hall–Kier alpha value is -3.52. The van der Waals surface area contributed by atoms with Crippen LogP contribution >= 0.6 is 0 Å². The van der Waals surface area contributed by atoms with Gasteiger partial charge in [0.1, 0.15) is 11.5 Å². The number of methoxy groups -OCH3 is 1. The fourth-order valence-electron chi connectivity index (χ4n) is 4.90. The minimum Gasteiger partial charge on any atom is -0.495 e. The molecule has 1 fully saturated rings. The molecule has 3 aromatic rings. The molecule has 0 N–H and O–H groups in total. The first-order chi connectivity index (χ1) is 18.7. The molecule has 8 heteroatoms. The fourth-order valence-corrected chi connectivity index (χ4v) is 6.36. The molecule has 0 aromatic heterocycles. The molecule has 3 aromatic carbocycles. The molecule has 1 saturated heterocycles. The van der Waals surface area contributed by atoms with Crippen molar-refractivity contribution in [1.29, 1.82) is 0 Å². The normalized spacial score (nSPS) is 13.9. The molecule has 0 radical (unpaired) electrons. The SMILES string of the molecule is CCCOc1ccc(CS(=O)(=O)c2ccc(C)c(C(=O)N3CCN(c4ccccc4OC)CC3)c2)c(C)c1C. The van der Waals surface area contributed by atoms with Crippen molar-refractivity contribution in [2.24, 2.45) is 0 Å². The van der Waals surface area contributed by atoms with Crippen molar-refractivity contribution < 1.29 is 22.7 Å². The minimum absolute atomic E-state index is 0.137. The second kappa shape index (κ2) is 12.1. The van der Waals surface area contributed by atoms with E-state index in [1.807, 2.05) is 64.1 Å². The zero-order valence-corrected chi connectivity index (χ0v) is 24.3. The lowest BCUT2D eigenvalue weighted by Crippen LogP contribution is -2.49. The summed E-state index contributed by atoms with van der Waals surface area (Å²) in [5.74, 6) is 1.31. The molecule has 1 amide bonds. The summed E-state index contributed by atoms with van der Waals surface area (Å²) >= 11 is 0. The van der Waals surface area contributed by atoms with Crippen molar-refractivity contribution >= 4 is 21.4 Å². The molecule has 0 unspecified atom stereocenters. The number of ether oxygens (including phenoxy) is 2. The first-order valence-corrected chi connectivity index (χ1v) is 15.0. The van der Waals surface area contributed by atoms with Gasteiger partial charge in [0.2, 0.25) is 0 Å². The van der Waals surface area contributed by atoms with Gasteiger partial charge in [0, 0.05) is 31.7 Å². The Bertz CT molecular complexity index is 1440. The quantitative estimate of drug-likeness (QED) is 0.358. The van der Waals surface area contributed by atoms with Crippen molar-refractivity contribution in [2.45, 2.75) is 44.8 Å². The number of carbonyl (C=O) groups excluding carboxylic acids is 1.